The van der Waals surface area contributed by atoms with Crippen LogP contribution < -0.4 is 0 Å². The van der Waals surface area contributed by atoms with Gasteiger partial charge in [0.1, 0.15) is 0 Å². The largest absolute Gasteiger partial charge is 0.311 e. The van der Waals surface area contributed by atoms with E-state index in [1.54, 1.807) is 0 Å². The number of nitrogens with zero attached hydrogens (tertiary/aromatic N) is 5. The van der Waals surface area contributed by atoms with Gasteiger partial charge in [0, 0.05) is 43.8 Å². The molecular weight excluding hydrogens is 671 g/mol. The maximum absolute atomic E-state index is 8.40. The normalized spacial score (nSPS) is 11.6. The SMILES string of the molecule is [C-]#[N+]c1cc(-n2c3ccccc3c3c(-n4c5ccccc5c5ccccc54)cccc32)ccc1-c1cccc(-n2c3ccccc3c3c([N+]#[C-])cccc32)c1. The summed E-state index contributed by atoms with van der Waals surface area (Å²) in [6.45, 7) is 16.2. The van der Waals surface area contributed by atoms with Gasteiger partial charge in [-0.2, -0.15) is 0 Å². The summed E-state index contributed by atoms with van der Waals surface area (Å²) in [6.07, 6.45) is 0. The van der Waals surface area contributed by atoms with Gasteiger partial charge >= 0.3 is 0 Å². The van der Waals surface area contributed by atoms with E-state index >= 15 is 0 Å². The molecule has 0 aliphatic heterocycles. The fourth-order valence-electron chi connectivity index (χ4n) is 8.83. The number of fused-ring (bicyclic) bond motifs is 9. The minimum Gasteiger partial charge on any atom is -0.311 e. The van der Waals surface area contributed by atoms with Crippen LogP contribution in [-0.4, -0.2) is 13.7 Å². The molecule has 0 N–H and O–H groups in total. The fourth-order valence-corrected chi connectivity index (χ4v) is 8.83. The van der Waals surface area contributed by atoms with Gasteiger partial charge in [0.2, 0.25) is 0 Å². The van der Waals surface area contributed by atoms with Crippen molar-refractivity contribution in [3.8, 4) is 28.2 Å². The van der Waals surface area contributed by atoms with E-state index in [4.69, 9.17) is 13.1 Å². The summed E-state index contributed by atoms with van der Waals surface area (Å²) < 4.78 is 6.91. The Kier molecular flexibility index (Phi) is 6.61. The minimum absolute atomic E-state index is 0.580. The zero-order valence-corrected chi connectivity index (χ0v) is 29.5. The number of rotatable bonds is 4. The lowest BCUT2D eigenvalue weighted by molar-refractivity contribution is 1.17. The van der Waals surface area contributed by atoms with Crippen molar-refractivity contribution in [2.45, 2.75) is 0 Å². The highest BCUT2D eigenvalue weighted by atomic mass is 15.0. The number of hydrogen-bond acceptors (Lipinski definition) is 0. The minimum atomic E-state index is 0.580. The van der Waals surface area contributed by atoms with Crippen molar-refractivity contribution < 1.29 is 0 Å². The molecule has 8 aromatic carbocycles. The van der Waals surface area contributed by atoms with E-state index in [1.165, 1.54) is 27.2 Å². The van der Waals surface area contributed by atoms with Crippen LogP contribution in [-0.2, 0) is 0 Å². The van der Waals surface area contributed by atoms with Gasteiger partial charge in [-0.3, -0.25) is 0 Å². The molecule has 254 valence electrons. The molecule has 0 atom stereocenters. The van der Waals surface area contributed by atoms with Gasteiger partial charge in [-0.1, -0.05) is 109 Å². The summed E-state index contributed by atoms with van der Waals surface area (Å²) in [6, 6.07) is 61.1. The molecule has 0 bridgehead atoms. The molecule has 0 unspecified atom stereocenters. The first-order chi connectivity index (χ1) is 27.2. The van der Waals surface area contributed by atoms with Crippen LogP contribution >= 0.6 is 0 Å². The van der Waals surface area contributed by atoms with Crippen molar-refractivity contribution in [1.82, 2.24) is 13.7 Å². The number of aromatic nitrogens is 3. The standard InChI is InChI=1S/C50H29N5/c1-51-40-20-12-25-46-49(40)38-18-5-9-23-44(38)53(46)33-15-11-14-32(30-33)35-29-28-34(31-41(35)52-2)54-45-24-10-6-19-39(45)50-47(54)26-13-27-48(50)55-42-21-7-3-16-36(42)37-17-4-8-22-43(37)55/h3-31H. The number of hydrogen-bond donors (Lipinski definition) is 0. The molecule has 3 heterocycles. The van der Waals surface area contributed by atoms with Crippen LogP contribution in [0.1, 0.15) is 0 Å². The average molecular weight is 700 g/mol. The molecule has 5 heteroatoms. The predicted molar refractivity (Wildman–Crippen MR) is 227 cm³/mol. The van der Waals surface area contributed by atoms with Gasteiger partial charge in [0.05, 0.1) is 46.4 Å². The lowest BCUT2D eigenvalue weighted by Crippen LogP contribution is -1.97. The van der Waals surface area contributed by atoms with Gasteiger partial charge < -0.3 is 13.7 Å². The number of para-hydroxylation sites is 4. The predicted octanol–water partition coefficient (Wildman–Crippen LogP) is 13.7. The van der Waals surface area contributed by atoms with Crippen LogP contribution in [0, 0.1) is 13.1 Å². The lowest BCUT2D eigenvalue weighted by Gasteiger charge is -2.14. The number of benzene rings is 8. The molecule has 0 fully saturated rings. The first-order valence-corrected chi connectivity index (χ1v) is 18.3. The van der Waals surface area contributed by atoms with Crippen molar-refractivity contribution in [1.29, 1.82) is 0 Å². The van der Waals surface area contributed by atoms with Gasteiger partial charge in [-0.05, 0) is 83.2 Å². The Morgan fingerprint density at radius 3 is 1.47 bits per heavy atom. The second kappa shape index (κ2) is 11.8. The quantitative estimate of drug-likeness (QED) is 0.163. The van der Waals surface area contributed by atoms with E-state index in [-0.39, 0.29) is 0 Å². The molecular formula is C50H29N5. The van der Waals surface area contributed by atoms with Crippen molar-refractivity contribution >= 4 is 76.8 Å². The van der Waals surface area contributed by atoms with Crippen molar-refractivity contribution in [3.63, 3.8) is 0 Å². The summed E-state index contributed by atoms with van der Waals surface area (Å²) in [5.74, 6) is 0. The van der Waals surface area contributed by atoms with E-state index in [2.05, 4.69) is 169 Å². The van der Waals surface area contributed by atoms with Gasteiger partial charge in [0.25, 0.3) is 0 Å². The Balaban J connectivity index is 1.10. The van der Waals surface area contributed by atoms with Crippen LogP contribution in [0.5, 0.6) is 0 Å². The summed E-state index contributed by atoms with van der Waals surface area (Å²) in [5, 5.41) is 6.78. The average Bonchev–Trinajstić information content (AvgIpc) is 3.89. The maximum Gasteiger partial charge on any atom is 0.197 e. The zero-order chi connectivity index (χ0) is 36.6. The summed E-state index contributed by atoms with van der Waals surface area (Å²) in [5.41, 5.74) is 12.6. The van der Waals surface area contributed by atoms with Crippen LogP contribution in [0.2, 0.25) is 0 Å². The highest BCUT2D eigenvalue weighted by molar-refractivity contribution is 6.17. The highest BCUT2D eigenvalue weighted by Crippen LogP contribution is 2.42. The Bertz CT molecular complexity index is 3420. The molecule has 3 aromatic heterocycles. The Labute approximate surface area is 316 Å². The molecule has 0 radical (unpaired) electrons. The third-order valence-corrected chi connectivity index (χ3v) is 11.1. The maximum atomic E-state index is 8.40. The topological polar surface area (TPSA) is 23.5 Å². The molecule has 0 aliphatic rings. The Morgan fingerprint density at radius 2 is 0.836 bits per heavy atom. The first kappa shape index (κ1) is 30.7. The second-order valence-electron chi connectivity index (χ2n) is 13.9. The molecule has 55 heavy (non-hydrogen) atoms. The van der Waals surface area contributed by atoms with E-state index < -0.39 is 0 Å². The second-order valence-corrected chi connectivity index (χ2v) is 13.9. The summed E-state index contributed by atoms with van der Waals surface area (Å²) in [7, 11) is 0. The lowest BCUT2D eigenvalue weighted by atomic mass is 10.0. The van der Waals surface area contributed by atoms with Crippen LogP contribution in [0.3, 0.4) is 0 Å². The van der Waals surface area contributed by atoms with Crippen LogP contribution in [0.4, 0.5) is 11.4 Å². The fraction of sp³-hybridized carbons (Fsp3) is 0. The van der Waals surface area contributed by atoms with Gasteiger partial charge in [-0.15, -0.1) is 0 Å². The van der Waals surface area contributed by atoms with E-state index in [0.29, 0.717) is 11.4 Å². The molecule has 0 saturated carbocycles. The highest BCUT2D eigenvalue weighted by Gasteiger charge is 2.21. The molecule has 0 spiro atoms. The third kappa shape index (κ3) is 4.39. The molecule has 11 rings (SSSR count). The van der Waals surface area contributed by atoms with Crippen LogP contribution in [0.25, 0.3) is 103 Å². The molecule has 0 saturated heterocycles. The Hall–Kier alpha value is -7.86. The molecule has 0 aliphatic carbocycles. The smallest absolute Gasteiger partial charge is 0.197 e. The summed E-state index contributed by atoms with van der Waals surface area (Å²) in [4.78, 5) is 7.96. The third-order valence-electron chi connectivity index (χ3n) is 11.1. The molecule has 11 aromatic rings. The monoisotopic (exact) mass is 699 g/mol. The summed E-state index contributed by atoms with van der Waals surface area (Å²) >= 11 is 0. The zero-order valence-electron chi connectivity index (χ0n) is 29.5. The van der Waals surface area contributed by atoms with Gasteiger partial charge in [0.15, 0.2) is 11.4 Å². The van der Waals surface area contributed by atoms with Crippen molar-refractivity contribution in [3.05, 3.63) is 199 Å². The van der Waals surface area contributed by atoms with E-state index in [9.17, 15) is 0 Å². The van der Waals surface area contributed by atoms with Crippen molar-refractivity contribution in [2.24, 2.45) is 0 Å². The van der Waals surface area contributed by atoms with Crippen molar-refractivity contribution in [2.75, 3.05) is 0 Å². The molecule has 5 nitrogen and oxygen atoms in total. The molecule has 0 amide bonds. The van der Waals surface area contributed by atoms with E-state index in [0.717, 1.165) is 66.4 Å². The first-order valence-electron chi connectivity index (χ1n) is 18.3. The van der Waals surface area contributed by atoms with Crippen LogP contribution in [0.15, 0.2) is 176 Å². The van der Waals surface area contributed by atoms with E-state index in [1.807, 2.05) is 30.3 Å². The van der Waals surface area contributed by atoms with Gasteiger partial charge in [-0.25, -0.2) is 9.69 Å². The Morgan fingerprint density at radius 1 is 0.345 bits per heavy atom.